The van der Waals surface area contributed by atoms with E-state index in [2.05, 4.69) is 5.18 Å². The molecule has 0 spiro atoms. The van der Waals surface area contributed by atoms with Crippen molar-refractivity contribution in [1.29, 1.82) is 0 Å². The lowest BCUT2D eigenvalue weighted by molar-refractivity contribution is 0.354. The largest absolute Gasteiger partial charge is 0.493 e. The molecule has 0 fully saturated rings. The molecular weight excluding hydrogens is 206 g/mol. The van der Waals surface area contributed by atoms with Gasteiger partial charge in [0.15, 0.2) is 11.5 Å². The van der Waals surface area contributed by atoms with Gasteiger partial charge in [0.2, 0.25) is 0 Å². The minimum absolute atomic E-state index is 0.580. The molecule has 16 heavy (non-hydrogen) atoms. The number of rotatable bonds is 5. The summed E-state index contributed by atoms with van der Waals surface area (Å²) >= 11 is 0. The lowest BCUT2D eigenvalue weighted by Crippen LogP contribution is -2.19. The van der Waals surface area contributed by atoms with Gasteiger partial charge in [-0.3, -0.25) is 0 Å². The monoisotopic (exact) mass is 223 g/mol. The van der Waals surface area contributed by atoms with Gasteiger partial charge in [-0.15, -0.1) is 0 Å². The topological polar surface area (TPSA) is 47.9 Å². The highest BCUT2D eigenvalue weighted by Gasteiger charge is 2.19. The number of methoxy groups -OCH3 is 2. The molecule has 1 aromatic carbocycles. The van der Waals surface area contributed by atoms with Gasteiger partial charge in [0.05, 0.1) is 14.2 Å². The van der Waals surface area contributed by atoms with Crippen LogP contribution in [0.2, 0.25) is 0 Å². The molecule has 0 aromatic heterocycles. The summed E-state index contributed by atoms with van der Waals surface area (Å²) in [5.74, 6) is 1.35. The summed E-state index contributed by atoms with van der Waals surface area (Å²) in [5.41, 5.74) is 0.404. The summed E-state index contributed by atoms with van der Waals surface area (Å²) in [6.45, 7) is 3.60. The first-order valence-corrected chi connectivity index (χ1v) is 5.08. The highest BCUT2D eigenvalue weighted by molar-refractivity contribution is 5.43. The molecule has 0 radical (unpaired) electrons. The number of hydrogen-bond donors (Lipinski definition) is 0. The van der Waals surface area contributed by atoms with Crippen LogP contribution in [0.15, 0.2) is 23.4 Å². The molecule has 1 aromatic rings. The van der Waals surface area contributed by atoms with E-state index in [0.29, 0.717) is 17.9 Å². The number of nitroso groups, excluding NO2 is 1. The van der Waals surface area contributed by atoms with Gasteiger partial charge in [-0.2, -0.15) is 4.91 Å². The Bertz CT molecular complexity index is 375. The van der Waals surface area contributed by atoms with Crippen LogP contribution in [0.3, 0.4) is 0 Å². The van der Waals surface area contributed by atoms with Crippen LogP contribution < -0.4 is 9.47 Å². The fourth-order valence-electron chi connectivity index (χ4n) is 1.52. The Morgan fingerprint density at radius 2 is 1.81 bits per heavy atom. The first kappa shape index (κ1) is 12.5. The molecule has 0 unspecified atom stereocenters. The Kier molecular flexibility index (Phi) is 3.88. The van der Waals surface area contributed by atoms with Gasteiger partial charge >= 0.3 is 0 Å². The predicted molar refractivity (Wildman–Crippen MR) is 63.1 cm³/mol. The lowest BCUT2D eigenvalue weighted by Gasteiger charge is -2.16. The van der Waals surface area contributed by atoms with E-state index < -0.39 is 5.54 Å². The van der Waals surface area contributed by atoms with Crippen LogP contribution in [0.25, 0.3) is 0 Å². The van der Waals surface area contributed by atoms with Crippen molar-refractivity contribution in [3.05, 3.63) is 28.7 Å². The van der Waals surface area contributed by atoms with Crippen molar-refractivity contribution in [2.75, 3.05) is 14.2 Å². The fourth-order valence-corrected chi connectivity index (χ4v) is 1.52. The maximum absolute atomic E-state index is 10.6. The minimum Gasteiger partial charge on any atom is -0.493 e. The maximum Gasteiger partial charge on any atom is 0.160 e. The number of ether oxygens (including phenoxy) is 2. The fraction of sp³-hybridized carbons (Fsp3) is 0.500. The smallest absolute Gasteiger partial charge is 0.160 e. The van der Waals surface area contributed by atoms with Crippen molar-refractivity contribution in [2.24, 2.45) is 5.18 Å². The first-order chi connectivity index (χ1) is 7.52. The summed E-state index contributed by atoms with van der Waals surface area (Å²) in [4.78, 5) is 10.6. The van der Waals surface area contributed by atoms with E-state index in [9.17, 15) is 4.91 Å². The van der Waals surface area contributed by atoms with Crippen molar-refractivity contribution in [3.8, 4) is 11.5 Å². The molecule has 0 saturated carbocycles. The van der Waals surface area contributed by atoms with Crippen molar-refractivity contribution in [2.45, 2.75) is 25.8 Å². The van der Waals surface area contributed by atoms with Gasteiger partial charge in [-0.1, -0.05) is 11.2 Å². The van der Waals surface area contributed by atoms with Gasteiger partial charge in [0.1, 0.15) is 5.54 Å². The zero-order valence-corrected chi connectivity index (χ0v) is 10.1. The Morgan fingerprint density at radius 1 is 1.19 bits per heavy atom. The molecule has 4 heteroatoms. The second-order valence-corrected chi connectivity index (χ2v) is 4.27. The summed E-state index contributed by atoms with van der Waals surface area (Å²) < 4.78 is 10.3. The molecule has 0 heterocycles. The van der Waals surface area contributed by atoms with Crippen LogP contribution in [0, 0.1) is 4.91 Å². The van der Waals surface area contributed by atoms with Crippen LogP contribution >= 0.6 is 0 Å². The Balaban J connectivity index is 2.95. The third kappa shape index (κ3) is 2.95. The molecule has 88 valence electrons. The zero-order chi connectivity index (χ0) is 12.2. The SMILES string of the molecule is COc1ccc(CC(C)(C)N=O)cc1OC. The molecule has 1 rings (SSSR count). The lowest BCUT2D eigenvalue weighted by atomic mass is 9.96. The Morgan fingerprint density at radius 3 is 2.31 bits per heavy atom. The second-order valence-electron chi connectivity index (χ2n) is 4.27. The maximum atomic E-state index is 10.6. The first-order valence-electron chi connectivity index (χ1n) is 5.08. The van der Waals surface area contributed by atoms with E-state index in [4.69, 9.17) is 9.47 Å². The van der Waals surface area contributed by atoms with Crippen molar-refractivity contribution in [3.63, 3.8) is 0 Å². The summed E-state index contributed by atoms with van der Waals surface area (Å²) in [6, 6.07) is 5.61. The van der Waals surface area contributed by atoms with E-state index in [0.717, 1.165) is 5.56 Å². The van der Waals surface area contributed by atoms with E-state index in [1.807, 2.05) is 18.2 Å². The molecule has 0 aliphatic carbocycles. The van der Waals surface area contributed by atoms with Gasteiger partial charge < -0.3 is 9.47 Å². The molecule has 0 bridgehead atoms. The zero-order valence-electron chi connectivity index (χ0n) is 10.1. The third-order valence-electron chi connectivity index (χ3n) is 2.33. The van der Waals surface area contributed by atoms with Gasteiger partial charge in [0, 0.05) is 6.42 Å². The number of nitrogens with zero attached hydrogens (tertiary/aromatic N) is 1. The molecule has 0 N–H and O–H groups in total. The quantitative estimate of drug-likeness (QED) is 0.721. The van der Waals surface area contributed by atoms with Crippen molar-refractivity contribution in [1.82, 2.24) is 0 Å². The Labute approximate surface area is 95.5 Å². The van der Waals surface area contributed by atoms with Crippen LogP contribution in [-0.2, 0) is 6.42 Å². The molecule has 0 amide bonds. The number of hydrogen-bond acceptors (Lipinski definition) is 4. The normalized spacial score (nSPS) is 11.0. The standard InChI is InChI=1S/C12H17NO3/c1-12(2,13-14)8-9-5-6-10(15-3)11(7-9)16-4/h5-7H,8H2,1-4H3. The third-order valence-corrected chi connectivity index (χ3v) is 2.33. The second kappa shape index (κ2) is 4.96. The average Bonchev–Trinajstić information content (AvgIpc) is 2.28. The average molecular weight is 223 g/mol. The molecule has 0 aliphatic heterocycles. The van der Waals surface area contributed by atoms with Crippen LogP contribution in [0.1, 0.15) is 19.4 Å². The van der Waals surface area contributed by atoms with E-state index in [-0.39, 0.29) is 0 Å². The van der Waals surface area contributed by atoms with Gasteiger partial charge in [-0.05, 0) is 31.5 Å². The van der Waals surface area contributed by atoms with Crippen LogP contribution in [0.5, 0.6) is 11.5 Å². The van der Waals surface area contributed by atoms with Crippen LogP contribution in [-0.4, -0.2) is 19.8 Å². The highest BCUT2D eigenvalue weighted by Crippen LogP contribution is 2.29. The van der Waals surface area contributed by atoms with Gasteiger partial charge in [0.25, 0.3) is 0 Å². The highest BCUT2D eigenvalue weighted by atomic mass is 16.5. The van der Waals surface area contributed by atoms with E-state index >= 15 is 0 Å². The summed E-state index contributed by atoms with van der Waals surface area (Å²) in [5, 5.41) is 3.09. The predicted octanol–water partition coefficient (Wildman–Crippen LogP) is 2.79. The van der Waals surface area contributed by atoms with Crippen molar-refractivity contribution >= 4 is 0 Å². The summed E-state index contributed by atoms with van der Waals surface area (Å²) in [7, 11) is 3.18. The van der Waals surface area contributed by atoms with Crippen molar-refractivity contribution < 1.29 is 9.47 Å². The van der Waals surface area contributed by atoms with Gasteiger partial charge in [-0.25, -0.2) is 0 Å². The molecule has 0 atom stereocenters. The van der Waals surface area contributed by atoms with E-state index in [1.54, 1.807) is 28.1 Å². The van der Waals surface area contributed by atoms with Crippen LogP contribution in [0.4, 0.5) is 0 Å². The molecular formula is C12H17NO3. The Hall–Kier alpha value is -1.58. The molecule has 0 aliphatic rings. The molecule has 4 nitrogen and oxygen atoms in total. The number of benzene rings is 1. The van der Waals surface area contributed by atoms with E-state index in [1.165, 1.54) is 0 Å². The minimum atomic E-state index is -0.598. The summed E-state index contributed by atoms with van der Waals surface area (Å²) in [6.07, 6.45) is 0.580. The molecule has 0 saturated heterocycles.